The molecule has 1 aliphatic rings. The molecule has 1 amide bonds. The molecule has 1 aliphatic heterocycles. The number of rotatable bonds is 7. The molecule has 0 bridgehead atoms. The van der Waals surface area contributed by atoms with Crippen molar-refractivity contribution < 1.29 is 4.79 Å². The summed E-state index contributed by atoms with van der Waals surface area (Å²) >= 11 is 0. The van der Waals surface area contributed by atoms with E-state index in [0.717, 1.165) is 44.6 Å². The molecule has 0 aliphatic carbocycles. The Kier molecular flexibility index (Phi) is 6.49. The number of aromatic nitrogens is 3. The molecule has 2 N–H and O–H groups in total. The topological polar surface area (TPSA) is 83.0 Å². The summed E-state index contributed by atoms with van der Waals surface area (Å²) in [6.07, 6.45) is 11.1. The highest BCUT2D eigenvalue weighted by Gasteiger charge is 2.22. The number of likely N-dealkylation sites (N-methyl/N-ethyl adjacent to an activating group) is 1. The monoisotopic (exact) mass is 354 g/mol. The molecule has 1 saturated heterocycles. The lowest BCUT2D eigenvalue weighted by Crippen LogP contribution is -2.42. The number of piperidine rings is 1. The lowest BCUT2D eigenvalue weighted by atomic mass is 9.90. The average Bonchev–Trinajstić information content (AvgIpc) is 2.68. The van der Waals surface area contributed by atoms with Crippen molar-refractivity contribution in [2.75, 3.05) is 32.0 Å². The molecule has 0 atom stereocenters. The number of likely N-dealkylation sites (tertiary alicyclic amines) is 1. The summed E-state index contributed by atoms with van der Waals surface area (Å²) in [5.41, 5.74) is 1.26. The number of anilines is 2. The normalized spacial score (nSPS) is 15.0. The first kappa shape index (κ1) is 18.3. The van der Waals surface area contributed by atoms with E-state index in [-0.39, 0.29) is 5.91 Å². The van der Waals surface area contributed by atoms with E-state index in [0.29, 0.717) is 18.3 Å². The van der Waals surface area contributed by atoms with Crippen LogP contribution in [0.25, 0.3) is 0 Å². The van der Waals surface area contributed by atoms with Crippen LogP contribution in [0.1, 0.15) is 24.8 Å². The van der Waals surface area contributed by atoms with E-state index in [1.165, 1.54) is 5.56 Å². The first-order valence-corrected chi connectivity index (χ1v) is 9.15. The summed E-state index contributed by atoms with van der Waals surface area (Å²) in [6.45, 7) is 2.19. The third-order valence-electron chi connectivity index (χ3n) is 4.78. The standard InChI is InChI=1S/C19H26N6O/c1-20-14-19(26)25-10-5-15(6-11-25)2-3-16-4-7-22-17(12-16)24-18-13-21-8-9-23-18/h4,7-9,12-13,15,20H,2-3,5-6,10-11,14H2,1H3,(H,22,23,24). The second-order valence-corrected chi connectivity index (χ2v) is 6.66. The van der Waals surface area contributed by atoms with Gasteiger partial charge in [0.05, 0.1) is 12.7 Å². The number of amides is 1. The first-order valence-electron chi connectivity index (χ1n) is 9.15. The highest BCUT2D eigenvalue weighted by atomic mass is 16.2. The van der Waals surface area contributed by atoms with Crippen LogP contribution in [-0.2, 0) is 11.2 Å². The van der Waals surface area contributed by atoms with Crippen molar-refractivity contribution in [3.8, 4) is 0 Å². The fourth-order valence-electron chi connectivity index (χ4n) is 3.30. The van der Waals surface area contributed by atoms with Crippen LogP contribution < -0.4 is 10.6 Å². The van der Waals surface area contributed by atoms with Crippen LogP contribution in [0.5, 0.6) is 0 Å². The number of carbonyl (C=O) groups excluding carboxylic acids is 1. The maximum absolute atomic E-state index is 11.9. The second-order valence-electron chi connectivity index (χ2n) is 6.66. The highest BCUT2D eigenvalue weighted by Crippen LogP contribution is 2.23. The van der Waals surface area contributed by atoms with Crippen molar-refractivity contribution in [3.63, 3.8) is 0 Å². The van der Waals surface area contributed by atoms with Crippen LogP contribution in [0.4, 0.5) is 11.6 Å². The average molecular weight is 354 g/mol. The molecule has 3 rings (SSSR count). The van der Waals surface area contributed by atoms with Gasteiger partial charge >= 0.3 is 0 Å². The Morgan fingerprint density at radius 3 is 2.73 bits per heavy atom. The van der Waals surface area contributed by atoms with Gasteiger partial charge in [-0.3, -0.25) is 9.78 Å². The molecule has 26 heavy (non-hydrogen) atoms. The van der Waals surface area contributed by atoms with Crippen LogP contribution in [0, 0.1) is 5.92 Å². The maximum atomic E-state index is 11.9. The number of nitrogens with zero attached hydrogens (tertiary/aromatic N) is 4. The minimum atomic E-state index is 0.208. The van der Waals surface area contributed by atoms with Gasteiger partial charge in [-0.25, -0.2) is 9.97 Å². The third kappa shape index (κ3) is 5.23. The number of hydrogen-bond donors (Lipinski definition) is 2. The lowest BCUT2D eigenvalue weighted by Gasteiger charge is -2.32. The molecular weight excluding hydrogens is 328 g/mol. The van der Waals surface area contributed by atoms with Gasteiger partial charge in [0.2, 0.25) is 5.91 Å². The molecule has 0 radical (unpaired) electrons. The van der Waals surface area contributed by atoms with Gasteiger partial charge in [-0.15, -0.1) is 0 Å². The van der Waals surface area contributed by atoms with Crippen LogP contribution in [-0.4, -0.2) is 52.4 Å². The van der Waals surface area contributed by atoms with Gasteiger partial charge in [0, 0.05) is 31.7 Å². The van der Waals surface area contributed by atoms with Crippen LogP contribution in [0.2, 0.25) is 0 Å². The summed E-state index contributed by atoms with van der Waals surface area (Å²) in [4.78, 5) is 26.5. The van der Waals surface area contributed by atoms with E-state index < -0.39 is 0 Å². The zero-order valence-electron chi connectivity index (χ0n) is 15.2. The molecule has 0 unspecified atom stereocenters. The predicted molar refractivity (Wildman–Crippen MR) is 101 cm³/mol. The van der Waals surface area contributed by atoms with Gasteiger partial charge in [0.15, 0.2) is 0 Å². The van der Waals surface area contributed by atoms with Crippen LogP contribution in [0.15, 0.2) is 36.9 Å². The van der Waals surface area contributed by atoms with Crippen molar-refractivity contribution in [1.82, 2.24) is 25.2 Å². The summed E-state index contributed by atoms with van der Waals surface area (Å²) < 4.78 is 0. The van der Waals surface area contributed by atoms with E-state index in [2.05, 4.69) is 37.7 Å². The Labute approximate surface area is 154 Å². The summed E-state index contributed by atoms with van der Waals surface area (Å²) in [5.74, 6) is 2.37. The molecule has 138 valence electrons. The van der Waals surface area contributed by atoms with E-state index in [1.807, 2.05) is 18.1 Å². The lowest BCUT2D eigenvalue weighted by molar-refractivity contribution is -0.131. The van der Waals surface area contributed by atoms with Gasteiger partial charge in [-0.05, 0) is 56.3 Å². The number of aryl methyl sites for hydroxylation is 1. The van der Waals surface area contributed by atoms with Gasteiger partial charge in [0.1, 0.15) is 11.6 Å². The van der Waals surface area contributed by atoms with Crippen molar-refractivity contribution >= 4 is 17.5 Å². The van der Waals surface area contributed by atoms with Gasteiger partial charge < -0.3 is 15.5 Å². The molecule has 0 saturated carbocycles. The molecule has 2 aromatic rings. The van der Waals surface area contributed by atoms with Gasteiger partial charge in [-0.2, -0.15) is 0 Å². The molecule has 0 aromatic carbocycles. The van der Waals surface area contributed by atoms with Crippen molar-refractivity contribution in [2.24, 2.45) is 5.92 Å². The highest BCUT2D eigenvalue weighted by molar-refractivity contribution is 5.78. The molecule has 3 heterocycles. The van der Waals surface area contributed by atoms with Crippen LogP contribution in [0.3, 0.4) is 0 Å². The predicted octanol–water partition coefficient (Wildman–Crippen LogP) is 2.01. The molecule has 7 nitrogen and oxygen atoms in total. The number of hydrogen-bond acceptors (Lipinski definition) is 6. The summed E-state index contributed by atoms with van der Waals surface area (Å²) in [7, 11) is 1.81. The van der Waals surface area contributed by atoms with E-state index in [9.17, 15) is 4.79 Å². The van der Waals surface area contributed by atoms with Crippen molar-refractivity contribution in [3.05, 3.63) is 42.5 Å². The molecule has 0 spiro atoms. The third-order valence-corrected chi connectivity index (χ3v) is 4.78. The number of carbonyl (C=O) groups is 1. The number of nitrogens with one attached hydrogen (secondary N) is 2. The Hall–Kier alpha value is -2.54. The fourth-order valence-corrected chi connectivity index (χ4v) is 3.30. The zero-order chi connectivity index (χ0) is 18.2. The van der Waals surface area contributed by atoms with Gasteiger partial charge in [-0.1, -0.05) is 0 Å². The molecular formula is C19H26N6O. The smallest absolute Gasteiger partial charge is 0.236 e. The van der Waals surface area contributed by atoms with Crippen molar-refractivity contribution in [2.45, 2.75) is 25.7 Å². The van der Waals surface area contributed by atoms with Crippen LogP contribution >= 0.6 is 0 Å². The quantitative estimate of drug-likeness (QED) is 0.791. The molecule has 1 fully saturated rings. The minimum Gasteiger partial charge on any atom is -0.342 e. The van der Waals surface area contributed by atoms with Crippen molar-refractivity contribution in [1.29, 1.82) is 0 Å². The fraction of sp³-hybridized carbons (Fsp3) is 0.474. The Bertz CT molecular complexity index is 700. The zero-order valence-corrected chi connectivity index (χ0v) is 15.2. The largest absolute Gasteiger partial charge is 0.342 e. The second kappa shape index (κ2) is 9.24. The number of pyridine rings is 1. The maximum Gasteiger partial charge on any atom is 0.236 e. The van der Waals surface area contributed by atoms with E-state index in [4.69, 9.17) is 0 Å². The van der Waals surface area contributed by atoms with Gasteiger partial charge in [0.25, 0.3) is 0 Å². The van der Waals surface area contributed by atoms with E-state index in [1.54, 1.807) is 18.6 Å². The first-order chi connectivity index (χ1) is 12.7. The summed E-state index contributed by atoms with van der Waals surface area (Å²) in [5, 5.41) is 6.11. The molecule has 2 aromatic heterocycles. The molecule has 7 heteroatoms. The Morgan fingerprint density at radius 2 is 2.00 bits per heavy atom. The minimum absolute atomic E-state index is 0.208. The SMILES string of the molecule is CNCC(=O)N1CCC(CCc2ccnc(Nc3cnccn3)c2)CC1. The summed E-state index contributed by atoms with van der Waals surface area (Å²) in [6, 6.07) is 4.13. The van der Waals surface area contributed by atoms with E-state index >= 15 is 0 Å². The Morgan fingerprint density at radius 1 is 1.19 bits per heavy atom. The Balaban J connectivity index is 1.47.